The third-order valence-electron chi connectivity index (χ3n) is 6.38. The monoisotopic (exact) mass is 494 g/mol. The van der Waals surface area contributed by atoms with E-state index in [0.29, 0.717) is 17.2 Å². The molecule has 7 nitrogen and oxygen atoms in total. The molecule has 1 amide bonds. The summed E-state index contributed by atoms with van der Waals surface area (Å²) in [6, 6.07) is 16.9. The molecule has 0 aliphatic carbocycles. The minimum absolute atomic E-state index is 0.105. The van der Waals surface area contributed by atoms with Crippen LogP contribution in [-0.2, 0) is 14.8 Å². The predicted octanol–water partition coefficient (Wildman–Crippen LogP) is 4.45. The van der Waals surface area contributed by atoms with Crippen molar-refractivity contribution in [2.75, 3.05) is 18.0 Å². The zero-order valence-electron chi connectivity index (χ0n) is 20.5. The van der Waals surface area contributed by atoms with Crippen LogP contribution in [0.4, 0.5) is 5.69 Å². The van der Waals surface area contributed by atoms with E-state index in [1.54, 1.807) is 36.4 Å². The lowest BCUT2D eigenvalue weighted by atomic mass is 9.96. The molecule has 0 saturated heterocycles. The molecule has 2 atom stereocenters. The molecule has 0 fully saturated rings. The molecule has 1 N–H and O–H groups in total. The Balaban J connectivity index is 1.62. The molecule has 1 aliphatic heterocycles. The first-order valence-corrected chi connectivity index (χ1v) is 12.9. The van der Waals surface area contributed by atoms with Crippen molar-refractivity contribution in [3.63, 3.8) is 0 Å². The summed E-state index contributed by atoms with van der Waals surface area (Å²) in [5.41, 5.74) is 4.83. The van der Waals surface area contributed by atoms with Crippen molar-refractivity contribution in [3.8, 4) is 11.5 Å². The molecule has 1 aliphatic rings. The SMILES string of the molecule is COc1ccc(S(=O)(=O)N2CC(C(=O)NC(C)c3cc(C)c(C)cc3C)Oc3ccccc32)cc1. The highest BCUT2D eigenvalue weighted by Crippen LogP contribution is 2.37. The van der Waals surface area contributed by atoms with E-state index in [-0.39, 0.29) is 23.4 Å². The van der Waals surface area contributed by atoms with Crippen molar-refractivity contribution in [1.82, 2.24) is 5.32 Å². The van der Waals surface area contributed by atoms with E-state index >= 15 is 0 Å². The number of para-hydroxylation sites is 2. The van der Waals surface area contributed by atoms with Gasteiger partial charge < -0.3 is 14.8 Å². The zero-order chi connectivity index (χ0) is 25.3. The van der Waals surface area contributed by atoms with Gasteiger partial charge in [-0.1, -0.05) is 24.3 Å². The molecule has 4 rings (SSSR count). The van der Waals surface area contributed by atoms with Crippen molar-refractivity contribution in [2.24, 2.45) is 0 Å². The highest BCUT2D eigenvalue weighted by molar-refractivity contribution is 7.92. The Hall–Kier alpha value is -3.52. The predicted molar refractivity (Wildman–Crippen MR) is 136 cm³/mol. The van der Waals surface area contributed by atoms with E-state index in [1.807, 2.05) is 20.8 Å². The number of carbonyl (C=O) groups excluding carboxylic acids is 1. The molecule has 0 aromatic heterocycles. The van der Waals surface area contributed by atoms with Gasteiger partial charge in [-0.3, -0.25) is 9.10 Å². The number of rotatable bonds is 6. The van der Waals surface area contributed by atoms with Crippen LogP contribution in [-0.4, -0.2) is 34.1 Å². The van der Waals surface area contributed by atoms with Gasteiger partial charge >= 0.3 is 0 Å². The summed E-state index contributed by atoms with van der Waals surface area (Å²) < 4.78 is 39.5. The Morgan fingerprint density at radius 3 is 2.37 bits per heavy atom. The minimum atomic E-state index is -3.95. The van der Waals surface area contributed by atoms with E-state index in [4.69, 9.17) is 9.47 Å². The highest BCUT2D eigenvalue weighted by atomic mass is 32.2. The number of sulfonamides is 1. The first kappa shape index (κ1) is 24.6. The standard InChI is InChI=1S/C27H30N2O5S/c1-17-14-19(3)23(15-18(17)2)20(4)28-27(30)26-16-29(24-8-6-7-9-25(24)34-26)35(31,32)22-12-10-21(33-5)11-13-22/h6-15,20,26H,16H2,1-5H3,(H,28,30). The van der Waals surface area contributed by atoms with Gasteiger partial charge in [-0.25, -0.2) is 8.42 Å². The molecule has 8 heteroatoms. The van der Waals surface area contributed by atoms with Gasteiger partial charge in [0, 0.05) is 0 Å². The second-order valence-electron chi connectivity index (χ2n) is 8.81. The number of nitrogens with one attached hydrogen (secondary N) is 1. The third kappa shape index (κ3) is 4.84. The van der Waals surface area contributed by atoms with Crippen LogP contribution >= 0.6 is 0 Å². The summed E-state index contributed by atoms with van der Waals surface area (Å²) in [4.78, 5) is 13.4. The molecule has 0 spiro atoms. The molecule has 35 heavy (non-hydrogen) atoms. The number of carbonyl (C=O) groups is 1. The molecule has 184 valence electrons. The van der Waals surface area contributed by atoms with Gasteiger partial charge in [0.1, 0.15) is 11.5 Å². The number of methoxy groups -OCH3 is 1. The van der Waals surface area contributed by atoms with E-state index in [1.165, 1.54) is 29.1 Å². The summed E-state index contributed by atoms with van der Waals surface area (Å²) in [5, 5.41) is 3.01. The second-order valence-corrected chi connectivity index (χ2v) is 10.7. The lowest BCUT2D eigenvalue weighted by Gasteiger charge is -2.35. The fourth-order valence-electron chi connectivity index (χ4n) is 4.27. The average molecular weight is 495 g/mol. The van der Waals surface area contributed by atoms with E-state index in [0.717, 1.165) is 16.7 Å². The van der Waals surface area contributed by atoms with Crippen LogP contribution in [0.5, 0.6) is 11.5 Å². The largest absolute Gasteiger partial charge is 0.497 e. The number of hydrogen-bond acceptors (Lipinski definition) is 5. The first-order chi connectivity index (χ1) is 16.6. The molecule has 0 bridgehead atoms. The van der Waals surface area contributed by atoms with Crippen LogP contribution in [0.15, 0.2) is 65.6 Å². The minimum Gasteiger partial charge on any atom is -0.497 e. The number of fused-ring (bicyclic) bond motifs is 1. The average Bonchev–Trinajstić information content (AvgIpc) is 2.85. The van der Waals surface area contributed by atoms with Crippen LogP contribution in [0.1, 0.15) is 35.2 Å². The van der Waals surface area contributed by atoms with E-state index < -0.39 is 16.1 Å². The molecule has 1 heterocycles. The molecule has 3 aromatic rings. The maximum absolute atomic E-state index is 13.6. The maximum atomic E-state index is 13.6. The van der Waals surface area contributed by atoms with Crippen LogP contribution < -0.4 is 19.1 Å². The second kappa shape index (κ2) is 9.62. The van der Waals surface area contributed by atoms with Crippen LogP contribution in [0.2, 0.25) is 0 Å². The van der Waals surface area contributed by atoms with Crippen molar-refractivity contribution in [2.45, 2.75) is 44.7 Å². The van der Waals surface area contributed by atoms with Crippen molar-refractivity contribution < 1.29 is 22.7 Å². The van der Waals surface area contributed by atoms with Gasteiger partial charge in [-0.2, -0.15) is 0 Å². The van der Waals surface area contributed by atoms with Crippen molar-refractivity contribution in [1.29, 1.82) is 0 Å². The van der Waals surface area contributed by atoms with E-state index in [9.17, 15) is 13.2 Å². The smallest absolute Gasteiger partial charge is 0.264 e. The molecule has 0 radical (unpaired) electrons. The van der Waals surface area contributed by atoms with Gasteiger partial charge in [0.25, 0.3) is 15.9 Å². The fraction of sp³-hybridized carbons (Fsp3) is 0.296. The van der Waals surface area contributed by atoms with Gasteiger partial charge in [-0.05, 0) is 86.3 Å². The zero-order valence-corrected chi connectivity index (χ0v) is 21.3. The maximum Gasteiger partial charge on any atom is 0.264 e. The summed E-state index contributed by atoms with van der Waals surface area (Å²) in [6.45, 7) is 7.88. The summed E-state index contributed by atoms with van der Waals surface area (Å²) in [6.07, 6.45) is -1.01. The molecule has 3 aromatic carbocycles. The lowest BCUT2D eigenvalue weighted by Crippen LogP contribution is -2.51. The quantitative estimate of drug-likeness (QED) is 0.547. The van der Waals surface area contributed by atoms with Gasteiger partial charge in [0.2, 0.25) is 0 Å². The van der Waals surface area contributed by atoms with E-state index in [2.05, 4.69) is 24.4 Å². The normalized spacial score (nSPS) is 16.1. The highest BCUT2D eigenvalue weighted by Gasteiger charge is 2.38. The number of amides is 1. The number of benzene rings is 3. The van der Waals surface area contributed by atoms with Gasteiger partial charge in [-0.15, -0.1) is 0 Å². The van der Waals surface area contributed by atoms with Crippen molar-refractivity contribution in [3.05, 3.63) is 82.9 Å². The molecular formula is C27H30N2O5S. The Morgan fingerprint density at radius 1 is 1.03 bits per heavy atom. The van der Waals surface area contributed by atoms with Crippen molar-refractivity contribution >= 4 is 21.6 Å². The first-order valence-electron chi connectivity index (χ1n) is 11.4. The molecular weight excluding hydrogens is 464 g/mol. The van der Waals surface area contributed by atoms with Gasteiger partial charge in [0.15, 0.2) is 6.10 Å². The number of hydrogen-bond donors (Lipinski definition) is 1. The number of aryl methyl sites for hydroxylation is 3. The van der Waals surface area contributed by atoms with Crippen LogP contribution in [0, 0.1) is 20.8 Å². The summed E-state index contributed by atoms with van der Waals surface area (Å²) in [5.74, 6) is 0.518. The third-order valence-corrected chi connectivity index (χ3v) is 8.18. The number of anilines is 1. The molecule has 2 unspecified atom stereocenters. The lowest BCUT2D eigenvalue weighted by molar-refractivity contribution is -0.128. The Labute approximate surface area is 206 Å². The Kier molecular flexibility index (Phi) is 6.76. The molecule has 0 saturated carbocycles. The summed E-state index contributed by atoms with van der Waals surface area (Å²) >= 11 is 0. The Bertz CT molecular complexity index is 1350. The van der Waals surface area contributed by atoms with Crippen LogP contribution in [0.3, 0.4) is 0 Å². The number of ether oxygens (including phenoxy) is 2. The topological polar surface area (TPSA) is 84.9 Å². The summed E-state index contributed by atoms with van der Waals surface area (Å²) in [7, 11) is -2.43. The number of nitrogens with zero attached hydrogens (tertiary/aromatic N) is 1. The van der Waals surface area contributed by atoms with Crippen LogP contribution in [0.25, 0.3) is 0 Å². The Morgan fingerprint density at radius 2 is 1.69 bits per heavy atom. The fourth-order valence-corrected chi connectivity index (χ4v) is 5.75. The van der Waals surface area contributed by atoms with Gasteiger partial charge in [0.05, 0.1) is 30.3 Å².